The van der Waals surface area contributed by atoms with Gasteiger partial charge in [-0.3, -0.25) is 0 Å². The Labute approximate surface area is 429 Å². The second-order valence-corrected chi connectivity index (χ2v) is 33.5. The summed E-state index contributed by atoms with van der Waals surface area (Å²) in [4.78, 5) is 2.67. The molecule has 0 bridgehead atoms. The molecule has 0 radical (unpaired) electrons. The maximum atomic E-state index is 7.68. The van der Waals surface area contributed by atoms with Crippen molar-refractivity contribution in [3.63, 3.8) is 0 Å². The Balaban J connectivity index is 1.26. The third-order valence-corrected chi connectivity index (χ3v) is 20.3. The van der Waals surface area contributed by atoms with Gasteiger partial charge in [0.2, 0.25) is 0 Å². The third-order valence-electron chi connectivity index (χ3n) is 18.3. The fourth-order valence-corrected chi connectivity index (χ4v) is 14.6. The highest BCUT2D eigenvalue weighted by Crippen LogP contribution is 2.54. The van der Waals surface area contributed by atoms with Crippen molar-refractivity contribution in [2.75, 3.05) is 4.90 Å². The van der Waals surface area contributed by atoms with Crippen molar-refractivity contribution in [1.82, 2.24) is 0 Å². The number of aryl methyl sites for hydroxylation is 1. The molecule has 0 N–H and O–H groups in total. The summed E-state index contributed by atoms with van der Waals surface area (Å²) in [5.41, 5.74) is 25.4. The van der Waals surface area contributed by atoms with E-state index < -0.39 is 8.07 Å². The van der Waals surface area contributed by atoms with E-state index in [1.54, 1.807) is 0 Å². The molecule has 71 heavy (non-hydrogen) atoms. The lowest BCUT2D eigenvalue weighted by molar-refractivity contribution is 0.332. The van der Waals surface area contributed by atoms with E-state index in [9.17, 15) is 0 Å². The van der Waals surface area contributed by atoms with Gasteiger partial charge in [0.15, 0.2) is 0 Å². The molecule has 0 fully saturated rings. The van der Waals surface area contributed by atoms with Gasteiger partial charge in [0, 0.05) is 22.7 Å². The minimum Gasteiger partial charge on any atom is -0.468 e. The first-order valence-electron chi connectivity index (χ1n) is 27.1. The molecule has 0 spiro atoms. The summed E-state index contributed by atoms with van der Waals surface area (Å²) >= 11 is 0. The number of benzene rings is 6. The van der Waals surface area contributed by atoms with Gasteiger partial charge in [0.25, 0.3) is 6.71 Å². The Morgan fingerprint density at radius 1 is 0.563 bits per heavy atom. The Morgan fingerprint density at radius 2 is 1.13 bits per heavy atom. The van der Waals surface area contributed by atoms with Gasteiger partial charge in [-0.2, -0.15) is 0 Å². The normalized spacial score (nSPS) is 19.4. The molecule has 1 atom stereocenters. The van der Waals surface area contributed by atoms with Crippen molar-refractivity contribution in [3.05, 3.63) is 159 Å². The predicted molar refractivity (Wildman–Crippen MR) is 311 cm³/mol. The SMILES string of the molecule is Cc1cc2c3c(c1)N(c1ccc4c(c1)C(C)(C)CCC4(C)C)c1c(oc4cc5c(cc14)C(C)(C)CCC5(C)C)B3c1ccc(C(C)(C)C)cc1C2c1ccc(C(C)(C)C)cc1-c1ccc([Si](C)(C)C)cc1. The lowest BCUT2D eigenvalue weighted by atomic mass is 9.32. The first kappa shape index (κ1) is 48.2. The number of hydrogen-bond acceptors (Lipinski definition) is 2. The van der Waals surface area contributed by atoms with E-state index in [2.05, 4.69) is 232 Å². The molecular formula is C67H80BNOSi. The first-order chi connectivity index (χ1) is 33.0. The Hall–Kier alpha value is -5.06. The van der Waals surface area contributed by atoms with Crippen LogP contribution in [0.15, 0.2) is 108 Å². The molecule has 0 saturated carbocycles. The summed E-state index contributed by atoms with van der Waals surface area (Å²) in [6.07, 6.45) is 4.68. The van der Waals surface area contributed by atoms with E-state index >= 15 is 0 Å². The summed E-state index contributed by atoms with van der Waals surface area (Å²) in [5, 5.41) is 2.72. The average Bonchev–Trinajstić information content (AvgIpc) is 3.66. The lowest BCUT2D eigenvalue weighted by Gasteiger charge is -2.44. The second-order valence-electron chi connectivity index (χ2n) is 28.4. The molecule has 0 saturated heterocycles. The molecule has 366 valence electrons. The van der Waals surface area contributed by atoms with Crippen LogP contribution in [0.1, 0.15) is 184 Å². The van der Waals surface area contributed by atoms with Gasteiger partial charge in [0.05, 0.1) is 19.4 Å². The smallest absolute Gasteiger partial charge is 0.293 e. The van der Waals surface area contributed by atoms with E-state index in [1.807, 2.05) is 0 Å². The zero-order valence-corrected chi connectivity index (χ0v) is 47.7. The van der Waals surface area contributed by atoms with Crippen LogP contribution in [0.3, 0.4) is 0 Å². The molecule has 2 nitrogen and oxygen atoms in total. The van der Waals surface area contributed by atoms with E-state index in [0.717, 1.165) is 24.1 Å². The monoisotopic (exact) mass is 954 g/mol. The molecule has 2 aliphatic heterocycles. The van der Waals surface area contributed by atoms with Gasteiger partial charge in [0.1, 0.15) is 5.58 Å². The summed E-state index contributed by atoms with van der Waals surface area (Å²) in [6, 6.07) is 42.3. The van der Waals surface area contributed by atoms with Crippen molar-refractivity contribution >= 4 is 64.6 Å². The van der Waals surface area contributed by atoms with Gasteiger partial charge < -0.3 is 9.32 Å². The molecule has 7 aromatic rings. The van der Waals surface area contributed by atoms with Gasteiger partial charge in [-0.05, 0) is 168 Å². The maximum Gasteiger partial charge on any atom is 0.293 e. The predicted octanol–water partition coefficient (Wildman–Crippen LogP) is 16.0. The van der Waals surface area contributed by atoms with Crippen LogP contribution in [-0.4, -0.2) is 14.8 Å². The van der Waals surface area contributed by atoms with Crippen LogP contribution in [0, 0.1) is 6.92 Å². The molecule has 6 aromatic carbocycles. The maximum absolute atomic E-state index is 7.68. The van der Waals surface area contributed by atoms with Crippen LogP contribution < -0.4 is 26.7 Å². The number of nitrogens with zero attached hydrogens (tertiary/aromatic N) is 1. The van der Waals surface area contributed by atoms with Crippen LogP contribution in [-0.2, 0) is 32.5 Å². The third kappa shape index (κ3) is 7.60. The molecule has 2 aliphatic carbocycles. The van der Waals surface area contributed by atoms with Crippen molar-refractivity contribution in [2.24, 2.45) is 0 Å². The van der Waals surface area contributed by atoms with Gasteiger partial charge >= 0.3 is 0 Å². The Morgan fingerprint density at radius 3 is 1.73 bits per heavy atom. The van der Waals surface area contributed by atoms with E-state index in [-0.39, 0.29) is 45.1 Å². The Kier molecular flexibility index (Phi) is 10.5. The highest BCUT2D eigenvalue weighted by atomic mass is 28.3. The van der Waals surface area contributed by atoms with Crippen LogP contribution in [0.5, 0.6) is 0 Å². The highest BCUT2D eigenvalue weighted by molar-refractivity contribution is 6.98. The summed E-state index contributed by atoms with van der Waals surface area (Å²) in [5.74, 6) is -0.0113. The zero-order chi connectivity index (χ0) is 50.9. The van der Waals surface area contributed by atoms with Crippen molar-refractivity contribution < 1.29 is 4.42 Å². The number of furan rings is 1. The molecule has 4 aliphatic rings. The zero-order valence-electron chi connectivity index (χ0n) is 46.7. The van der Waals surface area contributed by atoms with Crippen molar-refractivity contribution in [3.8, 4) is 11.1 Å². The van der Waals surface area contributed by atoms with Crippen molar-refractivity contribution in [1.29, 1.82) is 0 Å². The standard InChI is InChI=1S/C67H80BNOSi/c1-40-33-50-58(46-26-21-42(62(2,3)4)35-47(46)41-19-24-45(25-20-41)71(16,17)18)48-36-43(63(5,6)7)22-28-55(48)68-59(50)56(34-40)69(44-23-27-51-52(37-44)65(10,11)30-29-64(51,8)9)60-49-38-53-54(39-57(49)70-61(60)68)67(14,15)32-31-66(53,12)13/h19-28,33-39,58H,29-32H2,1-18H3. The van der Waals surface area contributed by atoms with Crippen LogP contribution in [0.4, 0.5) is 17.1 Å². The molecule has 1 unspecified atom stereocenters. The van der Waals surface area contributed by atoms with Crippen molar-refractivity contribution in [2.45, 2.75) is 188 Å². The Bertz CT molecular complexity index is 3340. The summed E-state index contributed by atoms with van der Waals surface area (Å²) in [6.45, 7) is 43.4. The summed E-state index contributed by atoms with van der Waals surface area (Å²) < 4.78 is 7.68. The van der Waals surface area contributed by atoms with Crippen LogP contribution in [0.25, 0.3) is 22.1 Å². The molecular weight excluding hydrogens is 874 g/mol. The number of fused-ring (bicyclic) bond motifs is 8. The second kappa shape index (κ2) is 15.5. The fraction of sp³-hybridized carbons (Fsp3) is 0.433. The minimum atomic E-state index is -1.52. The minimum absolute atomic E-state index is 0.0104. The molecule has 1 aromatic heterocycles. The highest BCUT2D eigenvalue weighted by Gasteiger charge is 2.49. The molecule has 0 amide bonds. The fourth-order valence-electron chi connectivity index (χ4n) is 13.4. The van der Waals surface area contributed by atoms with Crippen LogP contribution in [0.2, 0.25) is 19.6 Å². The number of hydrogen-bond donors (Lipinski definition) is 0. The molecule has 3 heterocycles. The lowest BCUT2D eigenvalue weighted by Crippen LogP contribution is -2.61. The van der Waals surface area contributed by atoms with E-state index in [4.69, 9.17) is 4.42 Å². The summed E-state index contributed by atoms with van der Waals surface area (Å²) in [7, 11) is -1.52. The average molecular weight is 954 g/mol. The molecule has 11 rings (SSSR count). The quantitative estimate of drug-likeness (QED) is 0.163. The topological polar surface area (TPSA) is 16.4 Å². The van der Waals surface area contributed by atoms with Gasteiger partial charge in [-0.15, -0.1) is 0 Å². The van der Waals surface area contributed by atoms with Gasteiger partial charge in [-0.1, -0.05) is 200 Å². The van der Waals surface area contributed by atoms with Gasteiger partial charge in [-0.25, -0.2) is 0 Å². The van der Waals surface area contributed by atoms with E-state index in [1.165, 1.54) is 118 Å². The van der Waals surface area contributed by atoms with E-state index in [0.29, 0.717) is 0 Å². The largest absolute Gasteiger partial charge is 0.468 e. The number of rotatable bonds is 4. The molecule has 4 heteroatoms. The first-order valence-corrected chi connectivity index (χ1v) is 30.6. The number of anilines is 3. The van der Waals surface area contributed by atoms with Crippen LogP contribution >= 0.6 is 0 Å².